The molecule has 1 heterocycles. The van der Waals surface area contributed by atoms with Crippen molar-refractivity contribution in [3.05, 3.63) is 23.2 Å². The molecular weight excluding hydrogens is 380 g/mol. The topological polar surface area (TPSA) is 113 Å². The lowest BCUT2D eigenvalue weighted by molar-refractivity contribution is -0.144. The Bertz CT molecular complexity index is 797. The standard InChI is InChI=1S/C16H23ClN4O4S/c1-20(2)6-7-21(12-5-8-26(24,25)10-12)16(23)15(22)19-14-4-3-11(18)9-13(14)17/h3-4,9,12H,5-8,10,18H2,1-2H3,(H,19,22). The summed E-state index contributed by atoms with van der Waals surface area (Å²) in [4.78, 5) is 28.3. The van der Waals surface area contributed by atoms with Gasteiger partial charge in [-0.25, -0.2) is 8.42 Å². The molecule has 1 fully saturated rings. The van der Waals surface area contributed by atoms with Crippen LogP contribution in [0.2, 0.25) is 5.02 Å². The zero-order valence-electron chi connectivity index (χ0n) is 14.7. The number of hydrogen-bond donors (Lipinski definition) is 2. The van der Waals surface area contributed by atoms with Gasteiger partial charge >= 0.3 is 11.8 Å². The van der Waals surface area contributed by atoms with Gasteiger partial charge in [-0.1, -0.05) is 11.6 Å². The first-order chi connectivity index (χ1) is 12.1. The number of likely N-dealkylation sites (N-methyl/N-ethyl adjacent to an activating group) is 1. The van der Waals surface area contributed by atoms with Crippen molar-refractivity contribution in [1.82, 2.24) is 9.80 Å². The van der Waals surface area contributed by atoms with Crippen molar-refractivity contribution in [1.29, 1.82) is 0 Å². The molecule has 0 spiro atoms. The summed E-state index contributed by atoms with van der Waals surface area (Å²) >= 11 is 6.02. The van der Waals surface area contributed by atoms with E-state index in [0.717, 1.165) is 0 Å². The Morgan fingerprint density at radius 1 is 1.31 bits per heavy atom. The van der Waals surface area contributed by atoms with E-state index in [4.69, 9.17) is 17.3 Å². The normalized spacial score (nSPS) is 18.7. The number of carbonyl (C=O) groups is 2. The van der Waals surface area contributed by atoms with Crippen molar-refractivity contribution < 1.29 is 18.0 Å². The van der Waals surface area contributed by atoms with Crippen molar-refractivity contribution in [2.75, 3.05) is 49.7 Å². The quantitative estimate of drug-likeness (QED) is 0.545. The highest BCUT2D eigenvalue weighted by Crippen LogP contribution is 2.24. The van der Waals surface area contributed by atoms with Crippen LogP contribution < -0.4 is 11.1 Å². The summed E-state index contributed by atoms with van der Waals surface area (Å²) in [6.07, 6.45) is 0.331. The van der Waals surface area contributed by atoms with E-state index in [1.807, 2.05) is 19.0 Å². The number of amides is 2. The number of benzene rings is 1. The number of nitrogen functional groups attached to an aromatic ring is 1. The third-order valence-electron chi connectivity index (χ3n) is 4.13. The van der Waals surface area contributed by atoms with Crippen LogP contribution in [0.1, 0.15) is 6.42 Å². The van der Waals surface area contributed by atoms with Gasteiger partial charge in [0.2, 0.25) is 0 Å². The summed E-state index contributed by atoms with van der Waals surface area (Å²) in [6.45, 7) is 0.771. The van der Waals surface area contributed by atoms with Crippen molar-refractivity contribution in [2.24, 2.45) is 0 Å². The van der Waals surface area contributed by atoms with Gasteiger partial charge in [0.15, 0.2) is 9.84 Å². The average Bonchev–Trinajstić information content (AvgIpc) is 2.89. The lowest BCUT2D eigenvalue weighted by Crippen LogP contribution is -2.48. The molecule has 1 aromatic carbocycles. The molecule has 0 aromatic heterocycles. The molecule has 10 heteroatoms. The van der Waals surface area contributed by atoms with Crippen LogP contribution in [0.5, 0.6) is 0 Å². The fourth-order valence-corrected chi connectivity index (χ4v) is 4.68. The number of nitrogens with two attached hydrogens (primary N) is 1. The van der Waals surface area contributed by atoms with Crippen molar-refractivity contribution in [2.45, 2.75) is 12.5 Å². The number of rotatable bonds is 5. The van der Waals surface area contributed by atoms with E-state index in [1.54, 1.807) is 6.07 Å². The zero-order chi connectivity index (χ0) is 19.5. The van der Waals surface area contributed by atoms with E-state index in [2.05, 4.69) is 5.32 Å². The summed E-state index contributed by atoms with van der Waals surface area (Å²) in [5.74, 6) is -1.74. The van der Waals surface area contributed by atoms with Crippen LogP contribution in [-0.2, 0) is 19.4 Å². The Kier molecular flexibility index (Phi) is 6.48. The number of hydrogen-bond acceptors (Lipinski definition) is 6. The molecule has 26 heavy (non-hydrogen) atoms. The average molecular weight is 403 g/mol. The van der Waals surface area contributed by atoms with Crippen LogP contribution in [0, 0.1) is 0 Å². The molecule has 3 N–H and O–H groups in total. The largest absolute Gasteiger partial charge is 0.399 e. The van der Waals surface area contributed by atoms with Gasteiger partial charge in [-0.3, -0.25) is 9.59 Å². The Labute approximate surface area is 158 Å². The van der Waals surface area contributed by atoms with E-state index < -0.39 is 27.7 Å². The van der Waals surface area contributed by atoms with E-state index in [-0.39, 0.29) is 28.8 Å². The zero-order valence-corrected chi connectivity index (χ0v) is 16.3. The number of sulfone groups is 1. The highest BCUT2D eigenvalue weighted by atomic mass is 35.5. The number of nitrogens with zero attached hydrogens (tertiary/aromatic N) is 2. The molecule has 1 aromatic rings. The monoisotopic (exact) mass is 402 g/mol. The van der Waals surface area contributed by atoms with Gasteiger partial charge in [-0.15, -0.1) is 0 Å². The van der Waals surface area contributed by atoms with Gasteiger partial charge in [0.1, 0.15) is 0 Å². The van der Waals surface area contributed by atoms with Crippen LogP contribution in [0.15, 0.2) is 18.2 Å². The maximum Gasteiger partial charge on any atom is 0.313 e. The molecule has 0 aliphatic carbocycles. The second kappa shape index (κ2) is 8.24. The maximum absolute atomic E-state index is 12.7. The SMILES string of the molecule is CN(C)CCN(C(=O)C(=O)Nc1ccc(N)cc1Cl)C1CCS(=O)(=O)C1. The third-order valence-corrected chi connectivity index (χ3v) is 6.20. The first kappa shape index (κ1) is 20.5. The van der Waals surface area contributed by atoms with Crippen LogP contribution >= 0.6 is 11.6 Å². The fourth-order valence-electron chi connectivity index (χ4n) is 2.72. The number of nitrogens with one attached hydrogen (secondary N) is 1. The Hall–Kier alpha value is -1.84. The van der Waals surface area contributed by atoms with Crippen molar-refractivity contribution in [3.8, 4) is 0 Å². The number of carbonyl (C=O) groups excluding carboxylic acids is 2. The summed E-state index contributed by atoms with van der Waals surface area (Å²) in [7, 11) is 0.488. The van der Waals surface area contributed by atoms with E-state index in [1.165, 1.54) is 17.0 Å². The summed E-state index contributed by atoms with van der Waals surface area (Å²) in [5.41, 5.74) is 6.31. The minimum atomic E-state index is -3.18. The lowest BCUT2D eigenvalue weighted by atomic mass is 10.2. The molecule has 1 saturated heterocycles. The molecule has 8 nitrogen and oxygen atoms in total. The number of anilines is 2. The second-order valence-electron chi connectivity index (χ2n) is 6.55. The van der Waals surface area contributed by atoms with Gasteiger partial charge in [-0.05, 0) is 38.7 Å². The molecule has 1 aliphatic rings. The highest BCUT2D eigenvalue weighted by molar-refractivity contribution is 7.91. The summed E-state index contributed by atoms with van der Waals surface area (Å²) in [6, 6.07) is 4.03. The predicted molar refractivity (Wildman–Crippen MR) is 102 cm³/mol. The highest BCUT2D eigenvalue weighted by Gasteiger charge is 2.36. The Morgan fingerprint density at radius 2 is 2.00 bits per heavy atom. The van der Waals surface area contributed by atoms with E-state index in [9.17, 15) is 18.0 Å². The smallest absolute Gasteiger partial charge is 0.313 e. The molecule has 1 unspecified atom stereocenters. The molecule has 1 atom stereocenters. The first-order valence-electron chi connectivity index (χ1n) is 8.11. The van der Waals surface area contributed by atoms with Gasteiger partial charge in [0.05, 0.1) is 22.2 Å². The fraction of sp³-hybridized carbons (Fsp3) is 0.500. The molecule has 2 amide bonds. The van der Waals surface area contributed by atoms with Crippen LogP contribution in [0.3, 0.4) is 0 Å². The van der Waals surface area contributed by atoms with Crippen molar-refractivity contribution >= 4 is 44.6 Å². The van der Waals surface area contributed by atoms with Gasteiger partial charge in [0.25, 0.3) is 0 Å². The maximum atomic E-state index is 12.7. The summed E-state index contributed by atoms with van der Waals surface area (Å²) < 4.78 is 23.5. The number of halogens is 1. The molecule has 2 rings (SSSR count). The minimum absolute atomic E-state index is 0.0226. The molecular formula is C16H23ClN4O4S. The third kappa shape index (κ3) is 5.33. The Morgan fingerprint density at radius 3 is 2.54 bits per heavy atom. The predicted octanol–water partition coefficient (Wildman–Crippen LogP) is 0.438. The molecule has 1 aliphatic heterocycles. The molecule has 0 saturated carbocycles. The van der Waals surface area contributed by atoms with Crippen LogP contribution in [-0.4, -0.2) is 74.8 Å². The van der Waals surface area contributed by atoms with E-state index in [0.29, 0.717) is 18.7 Å². The second-order valence-corrected chi connectivity index (χ2v) is 9.19. The van der Waals surface area contributed by atoms with E-state index >= 15 is 0 Å². The molecule has 0 bridgehead atoms. The van der Waals surface area contributed by atoms with Crippen LogP contribution in [0.4, 0.5) is 11.4 Å². The Balaban J connectivity index is 2.15. The first-order valence-corrected chi connectivity index (χ1v) is 10.3. The van der Waals surface area contributed by atoms with Gasteiger partial charge in [0, 0.05) is 24.8 Å². The van der Waals surface area contributed by atoms with Gasteiger partial charge < -0.3 is 20.9 Å². The molecule has 144 valence electrons. The minimum Gasteiger partial charge on any atom is -0.399 e. The van der Waals surface area contributed by atoms with Crippen LogP contribution in [0.25, 0.3) is 0 Å². The summed E-state index contributed by atoms with van der Waals surface area (Å²) in [5, 5.41) is 2.69. The lowest BCUT2D eigenvalue weighted by Gasteiger charge is -2.29. The van der Waals surface area contributed by atoms with Gasteiger partial charge in [-0.2, -0.15) is 0 Å². The molecule has 0 radical (unpaired) electrons. The van der Waals surface area contributed by atoms with Crippen molar-refractivity contribution in [3.63, 3.8) is 0 Å².